The van der Waals surface area contributed by atoms with Crippen LogP contribution in [0, 0.1) is 12.8 Å². The van der Waals surface area contributed by atoms with E-state index in [0.717, 1.165) is 11.1 Å². The fraction of sp³-hybridized carbons (Fsp3) is 0.250. The summed E-state index contributed by atoms with van der Waals surface area (Å²) in [6.07, 6.45) is 0. The van der Waals surface area contributed by atoms with E-state index in [1.165, 1.54) is 29.5 Å². The zero-order valence-corrected chi connectivity index (χ0v) is 20.0. The molecule has 11 heteroatoms. The number of amides is 1. The number of carbonyl (C=O) groups excluding carboxylic acids is 1. The molecule has 0 aliphatic heterocycles. The van der Waals surface area contributed by atoms with Crippen molar-refractivity contribution in [1.82, 2.24) is 14.9 Å². The molecule has 2 N–H and O–H groups in total. The first-order valence-electron chi connectivity index (χ1n) is 9.25. The lowest BCUT2D eigenvalue weighted by atomic mass is 10.1. The van der Waals surface area contributed by atoms with Crippen molar-refractivity contribution in [1.29, 1.82) is 0 Å². The van der Waals surface area contributed by atoms with Gasteiger partial charge in [-0.05, 0) is 37.1 Å². The Morgan fingerprint density at radius 1 is 1.10 bits per heavy atom. The maximum absolute atomic E-state index is 12.9. The Morgan fingerprint density at radius 3 is 2.52 bits per heavy atom. The van der Waals surface area contributed by atoms with Crippen molar-refractivity contribution < 1.29 is 13.2 Å². The highest BCUT2D eigenvalue weighted by Gasteiger charge is 2.30. The van der Waals surface area contributed by atoms with E-state index in [1.54, 1.807) is 13.8 Å². The lowest BCUT2D eigenvalue weighted by Gasteiger charge is -2.21. The number of aryl methyl sites for hydroxylation is 1. The summed E-state index contributed by atoms with van der Waals surface area (Å²) < 4.78 is 28.1. The minimum absolute atomic E-state index is 0.00624. The number of benzene rings is 2. The second-order valence-electron chi connectivity index (χ2n) is 7.19. The number of nitrogens with zero attached hydrogens (tertiary/aromatic N) is 2. The third kappa shape index (κ3) is 5.81. The van der Waals surface area contributed by atoms with Gasteiger partial charge in [-0.25, -0.2) is 8.42 Å². The zero-order chi connectivity index (χ0) is 22.8. The van der Waals surface area contributed by atoms with E-state index >= 15 is 0 Å². The van der Waals surface area contributed by atoms with Gasteiger partial charge >= 0.3 is 0 Å². The fourth-order valence-electron chi connectivity index (χ4n) is 2.76. The molecule has 0 saturated carbocycles. The molecular formula is C20H20Cl2N4O3S2. The quantitative estimate of drug-likeness (QED) is 0.488. The third-order valence-electron chi connectivity index (χ3n) is 4.33. The van der Waals surface area contributed by atoms with Crippen LogP contribution in [-0.2, 0) is 14.8 Å². The molecule has 0 fully saturated rings. The van der Waals surface area contributed by atoms with Crippen LogP contribution in [0.1, 0.15) is 19.4 Å². The molecule has 1 atom stereocenters. The molecular weight excluding hydrogens is 479 g/mol. The normalized spacial score (nSPS) is 12.7. The molecule has 0 bridgehead atoms. The van der Waals surface area contributed by atoms with Gasteiger partial charge in [0.05, 0.1) is 5.02 Å². The highest BCUT2D eigenvalue weighted by Crippen LogP contribution is 2.28. The molecule has 7 nitrogen and oxygen atoms in total. The average Bonchev–Trinajstić information content (AvgIpc) is 3.16. The van der Waals surface area contributed by atoms with Gasteiger partial charge in [0.2, 0.25) is 21.1 Å². The summed E-state index contributed by atoms with van der Waals surface area (Å²) in [6, 6.07) is 10.8. The summed E-state index contributed by atoms with van der Waals surface area (Å²) in [5.74, 6) is -0.902. The Labute approximate surface area is 194 Å². The molecule has 3 rings (SSSR count). The number of hydrogen-bond donors (Lipinski definition) is 2. The van der Waals surface area contributed by atoms with Crippen LogP contribution in [0.3, 0.4) is 0 Å². The predicted molar refractivity (Wildman–Crippen MR) is 124 cm³/mol. The second kappa shape index (κ2) is 9.62. The van der Waals surface area contributed by atoms with Crippen molar-refractivity contribution in [3.05, 3.63) is 58.1 Å². The lowest BCUT2D eigenvalue weighted by Crippen LogP contribution is -2.47. The van der Waals surface area contributed by atoms with Crippen LogP contribution in [0.25, 0.3) is 10.6 Å². The largest absolute Gasteiger partial charge is 0.299 e. The van der Waals surface area contributed by atoms with E-state index in [1.807, 2.05) is 31.2 Å². The topological polar surface area (TPSA) is 101 Å². The van der Waals surface area contributed by atoms with Gasteiger partial charge in [0.25, 0.3) is 0 Å². The second-order valence-corrected chi connectivity index (χ2v) is 10.7. The highest BCUT2D eigenvalue weighted by molar-refractivity contribution is 7.89. The Balaban J connectivity index is 1.79. The van der Waals surface area contributed by atoms with E-state index < -0.39 is 22.0 Å². The zero-order valence-electron chi connectivity index (χ0n) is 16.9. The maximum Gasteiger partial charge on any atom is 0.244 e. The number of aromatic nitrogens is 2. The van der Waals surface area contributed by atoms with Crippen LogP contribution in [0.2, 0.25) is 10.0 Å². The van der Waals surface area contributed by atoms with Gasteiger partial charge in [-0.15, -0.1) is 10.2 Å². The SMILES string of the molecule is Cc1cccc(-c2nnc(NC(=O)C(NS(=O)(=O)c3cc(Cl)ccc3Cl)C(C)C)s2)c1. The molecule has 3 aromatic rings. The van der Waals surface area contributed by atoms with Crippen LogP contribution in [0.15, 0.2) is 47.4 Å². The van der Waals surface area contributed by atoms with Crippen molar-refractivity contribution in [2.24, 2.45) is 5.92 Å². The van der Waals surface area contributed by atoms with Crippen molar-refractivity contribution in [3.8, 4) is 10.6 Å². The number of sulfonamides is 1. The predicted octanol–water partition coefficient (Wildman–Crippen LogP) is 4.76. The van der Waals surface area contributed by atoms with Gasteiger partial charge < -0.3 is 0 Å². The smallest absolute Gasteiger partial charge is 0.244 e. The summed E-state index contributed by atoms with van der Waals surface area (Å²) in [5.41, 5.74) is 1.96. The van der Waals surface area contributed by atoms with Gasteiger partial charge in [-0.1, -0.05) is 72.1 Å². The van der Waals surface area contributed by atoms with E-state index in [-0.39, 0.29) is 26.0 Å². The first-order valence-corrected chi connectivity index (χ1v) is 12.3. The van der Waals surface area contributed by atoms with Crippen molar-refractivity contribution >= 4 is 55.6 Å². The minimum atomic E-state index is -4.10. The number of hydrogen-bond acceptors (Lipinski definition) is 6. The summed E-state index contributed by atoms with van der Waals surface area (Å²) >= 11 is 13.1. The number of rotatable bonds is 7. The molecule has 2 aromatic carbocycles. The first-order chi connectivity index (χ1) is 14.6. The van der Waals surface area contributed by atoms with E-state index in [4.69, 9.17) is 23.2 Å². The van der Waals surface area contributed by atoms with Gasteiger partial charge in [0.1, 0.15) is 15.9 Å². The van der Waals surface area contributed by atoms with E-state index in [0.29, 0.717) is 5.01 Å². The first kappa shape index (κ1) is 23.6. The van der Waals surface area contributed by atoms with Gasteiger partial charge in [0.15, 0.2) is 0 Å². The van der Waals surface area contributed by atoms with Crippen LogP contribution in [0.5, 0.6) is 0 Å². The molecule has 0 spiro atoms. The maximum atomic E-state index is 12.9. The molecule has 1 aromatic heterocycles. The van der Waals surface area contributed by atoms with Crippen molar-refractivity contribution in [2.75, 3.05) is 5.32 Å². The molecule has 0 saturated heterocycles. The summed E-state index contributed by atoms with van der Waals surface area (Å²) in [7, 11) is -4.10. The van der Waals surface area contributed by atoms with E-state index in [9.17, 15) is 13.2 Å². The molecule has 0 aliphatic rings. The fourth-order valence-corrected chi connectivity index (χ4v) is 5.61. The number of halogens is 2. The highest BCUT2D eigenvalue weighted by atomic mass is 35.5. The standard InChI is InChI=1S/C20H20Cl2N4O3S2/c1-11(2)17(26-31(28,29)16-10-14(21)7-8-15(16)22)18(27)23-20-25-24-19(30-20)13-6-4-5-12(3)9-13/h4-11,17,26H,1-3H3,(H,23,25,27). The van der Waals surface area contributed by atoms with Gasteiger partial charge in [-0.2, -0.15) is 4.72 Å². The minimum Gasteiger partial charge on any atom is -0.299 e. The van der Waals surface area contributed by atoms with Gasteiger partial charge in [-0.3, -0.25) is 10.1 Å². The molecule has 164 valence electrons. The molecule has 1 heterocycles. The van der Waals surface area contributed by atoms with Gasteiger partial charge in [0, 0.05) is 10.6 Å². The van der Waals surface area contributed by atoms with Crippen molar-refractivity contribution in [2.45, 2.75) is 31.7 Å². The summed E-state index contributed by atoms with van der Waals surface area (Å²) in [5, 5.41) is 11.9. The van der Waals surface area contributed by atoms with Crippen molar-refractivity contribution in [3.63, 3.8) is 0 Å². The van der Waals surface area contributed by atoms with Crippen LogP contribution >= 0.6 is 34.5 Å². The Bertz CT molecular complexity index is 1210. The summed E-state index contributed by atoms with van der Waals surface area (Å²) in [4.78, 5) is 12.7. The summed E-state index contributed by atoms with van der Waals surface area (Å²) in [6.45, 7) is 5.42. The lowest BCUT2D eigenvalue weighted by molar-refractivity contribution is -0.118. The Hall–Kier alpha value is -2.04. The Morgan fingerprint density at radius 2 is 1.84 bits per heavy atom. The molecule has 31 heavy (non-hydrogen) atoms. The third-order valence-corrected chi connectivity index (χ3v) is 7.38. The monoisotopic (exact) mass is 498 g/mol. The molecule has 1 amide bonds. The number of nitrogens with one attached hydrogen (secondary N) is 2. The molecule has 0 aliphatic carbocycles. The molecule has 0 radical (unpaired) electrons. The van der Waals surface area contributed by atoms with Crippen LogP contribution in [0.4, 0.5) is 5.13 Å². The van der Waals surface area contributed by atoms with Crippen LogP contribution < -0.4 is 10.0 Å². The molecule has 1 unspecified atom stereocenters. The van der Waals surface area contributed by atoms with Crippen LogP contribution in [-0.4, -0.2) is 30.6 Å². The number of carbonyl (C=O) groups is 1. The van der Waals surface area contributed by atoms with E-state index in [2.05, 4.69) is 20.2 Å². The Kier molecular flexibility index (Phi) is 7.33. The number of anilines is 1. The average molecular weight is 499 g/mol.